The van der Waals surface area contributed by atoms with E-state index >= 15 is 0 Å². The number of benzene rings is 2. The summed E-state index contributed by atoms with van der Waals surface area (Å²) in [7, 11) is 0. The molecule has 0 saturated carbocycles. The van der Waals surface area contributed by atoms with Crippen LogP contribution in [-0.4, -0.2) is 10.2 Å². The van der Waals surface area contributed by atoms with Crippen LogP contribution in [0.5, 0.6) is 5.75 Å². The van der Waals surface area contributed by atoms with Gasteiger partial charge in [-0.3, -0.25) is 0 Å². The SMILES string of the molecule is Cc1cc(C)c2c(C3C(O)=CC(C)(C)CC3(C)C)coc2c1.Oc1ccccc1. The molecule has 1 unspecified atom stereocenters. The van der Waals surface area contributed by atoms with Crippen LogP contribution in [0.15, 0.2) is 65.0 Å². The van der Waals surface area contributed by atoms with Gasteiger partial charge in [-0.05, 0) is 66.5 Å². The molecule has 2 N–H and O–H groups in total. The van der Waals surface area contributed by atoms with E-state index in [-0.39, 0.29) is 16.7 Å². The summed E-state index contributed by atoms with van der Waals surface area (Å²) in [4.78, 5) is 0. The van der Waals surface area contributed by atoms with Gasteiger partial charge in [0.15, 0.2) is 0 Å². The molecule has 3 aromatic rings. The molecule has 0 fully saturated rings. The number of furan rings is 1. The van der Waals surface area contributed by atoms with Crippen molar-refractivity contribution < 1.29 is 14.6 Å². The molecule has 154 valence electrons. The molecule has 0 saturated heterocycles. The smallest absolute Gasteiger partial charge is 0.134 e. The lowest BCUT2D eigenvalue weighted by Crippen LogP contribution is -2.34. The maximum absolute atomic E-state index is 10.7. The first-order chi connectivity index (χ1) is 13.5. The Balaban J connectivity index is 0.000000290. The van der Waals surface area contributed by atoms with Crippen molar-refractivity contribution in [2.24, 2.45) is 10.8 Å². The van der Waals surface area contributed by atoms with E-state index in [0.717, 1.165) is 23.0 Å². The number of allylic oxidation sites excluding steroid dienone is 2. The lowest BCUT2D eigenvalue weighted by atomic mass is 9.61. The van der Waals surface area contributed by atoms with Crippen LogP contribution in [0, 0.1) is 24.7 Å². The summed E-state index contributed by atoms with van der Waals surface area (Å²) in [6.07, 6.45) is 4.89. The number of phenols is 1. The lowest BCUT2D eigenvalue weighted by Gasteiger charge is -2.43. The molecule has 4 rings (SSSR count). The highest BCUT2D eigenvalue weighted by Gasteiger charge is 2.43. The lowest BCUT2D eigenvalue weighted by molar-refractivity contribution is 0.144. The van der Waals surface area contributed by atoms with Crippen molar-refractivity contribution in [3.05, 3.63) is 77.3 Å². The fourth-order valence-electron chi connectivity index (χ4n) is 5.01. The Hall–Kier alpha value is -2.68. The molecule has 0 radical (unpaired) electrons. The average Bonchev–Trinajstić information content (AvgIpc) is 2.97. The van der Waals surface area contributed by atoms with Gasteiger partial charge in [-0.2, -0.15) is 0 Å². The summed E-state index contributed by atoms with van der Waals surface area (Å²) >= 11 is 0. The van der Waals surface area contributed by atoms with Gasteiger partial charge < -0.3 is 14.6 Å². The highest BCUT2D eigenvalue weighted by molar-refractivity contribution is 5.86. The Morgan fingerprint density at radius 3 is 2.17 bits per heavy atom. The minimum atomic E-state index is -0.0174. The molecule has 1 aliphatic carbocycles. The third kappa shape index (κ3) is 4.50. The average molecular weight is 393 g/mol. The van der Waals surface area contributed by atoms with Crippen LogP contribution in [0.2, 0.25) is 0 Å². The third-order valence-corrected chi connectivity index (χ3v) is 5.64. The molecule has 3 heteroatoms. The van der Waals surface area contributed by atoms with Crippen molar-refractivity contribution in [1.82, 2.24) is 0 Å². The quantitative estimate of drug-likeness (QED) is 0.453. The molecule has 0 aliphatic heterocycles. The van der Waals surface area contributed by atoms with E-state index < -0.39 is 0 Å². The number of aliphatic hydroxyl groups is 1. The normalized spacial score (nSPS) is 19.9. The van der Waals surface area contributed by atoms with E-state index in [1.54, 1.807) is 24.3 Å². The van der Waals surface area contributed by atoms with Crippen LogP contribution in [-0.2, 0) is 0 Å². The fourth-order valence-corrected chi connectivity index (χ4v) is 5.01. The van der Waals surface area contributed by atoms with Gasteiger partial charge in [-0.25, -0.2) is 0 Å². The van der Waals surface area contributed by atoms with Crippen molar-refractivity contribution >= 4 is 11.0 Å². The minimum absolute atomic E-state index is 0.0109. The van der Waals surface area contributed by atoms with Gasteiger partial charge in [0.2, 0.25) is 0 Å². The van der Waals surface area contributed by atoms with E-state index in [0.29, 0.717) is 11.5 Å². The van der Waals surface area contributed by atoms with Gasteiger partial charge in [0.25, 0.3) is 0 Å². The Kier molecular flexibility index (Phi) is 5.53. The second-order valence-corrected chi connectivity index (χ2v) is 9.64. The van der Waals surface area contributed by atoms with Crippen molar-refractivity contribution in [3.63, 3.8) is 0 Å². The van der Waals surface area contributed by atoms with Gasteiger partial charge >= 0.3 is 0 Å². The Morgan fingerprint density at radius 1 is 0.966 bits per heavy atom. The first-order valence-corrected chi connectivity index (χ1v) is 10.1. The number of hydrogen-bond donors (Lipinski definition) is 2. The van der Waals surface area contributed by atoms with E-state index in [2.05, 4.69) is 53.7 Å². The van der Waals surface area contributed by atoms with Crippen LogP contribution in [0.4, 0.5) is 0 Å². The summed E-state index contributed by atoms with van der Waals surface area (Å²) in [5, 5.41) is 20.5. The zero-order valence-corrected chi connectivity index (χ0v) is 18.3. The number of aromatic hydroxyl groups is 1. The highest BCUT2D eigenvalue weighted by Crippen LogP contribution is 2.53. The van der Waals surface area contributed by atoms with Crippen LogP contribution in [0.25, 0.3) is 11.0 Å². The summed E-state index contributed by atoms with van der Waals surface area (Å²) in [6.45, 7) is 13.1. The Labute approximate surface area is 173 Å². The zero-order chi connectivity index (χ0) is 21.4. The van der Waals surface area contributed by atoms with Gasteiger partial charge in [0.05, 0.1) is 12.0 Å². The number of aliphatic hydroxyl groups excluding tert-OH is 1. The highest BCUT2D eigenvalue weighted by atomic mass is 16.3. The first kappa shape index (κ1) is 21.0. The summed E-state index contributed by atoms with van der Waals surface area (Å²) < 4.78 is 5.82. The van der Waals surface area contributed by atoms with Crippen LogP contribution in [0.1, 0.15) is 56.7 Å². The second-order valence-electron chi connectivity index (χ2n) is 9.64. The number of phenolic OH excluding ortho intramolecular Hbond substituents is 1. The summed E-state index contributed by atoms with van der Waals surface area (Å²) in [5.74, 6) is 0.787. The first-order valence-electron chi connectivity index (χ1n) is 10.1. The standard InChI is InChI=1S/C20H26O2.C6H6O/c1-12-7-13(2)17-14(10-22-16(17)8-12)18-15(21)9-19(3,4)11-20(18,5)6;7-6-4-2-1-3-5-6/h7-10,18,21H,11H2,1-6H3;1-5,7H. The number of fused-ring (bicyclic) bond motifs is 1. The van der Waals surface area contributed by atoms with Gasteiger partial charge in [0.1, 0.15) is 11.3 Å². The predicted molar refractivity (Wildman–Crippen MR) is 119 cm³/mol. The topological polar surface area (TPSA) is 53.6 Å². The summed E-state index contributed by atoms with van der Waals surface area (Å²) in [6, 6.07) is 13.0. The van der Waals surface area contributed by atoms with Gasteiger partial charge in [-0.15, -0.1) is 0 Å². The van der Waals surface area contributed by atoms with E-state index in [1.807, 2.05) is 18.4 Å². The molecule has 29 heavy (non-hydrogen) atoms. The zero-order valence-electron chi connectivity index (χ0n) is 18.3. The summed E-state index contributed by atoms with van der Waals surface area (Å²) in [5.41, 5.74) is 4.45. The van der Waals surface area contributed by atoms with Crippen molar-refractivity contribution in [2.45, 2.75) is 53.9 Å². The molecule has 3 nitrogen and oxygen atoms in total. The van der Waals surface area contributed by atoms with E-state index in [4.69, 9.17) is 9.52 Å². The molecular weight excluding hydrogens is 360 g/mol. The number of hydrogen-bond acceptors (Lipinski definition) is 3. The molecule has 1 heterocycles. The van der Waals surface area contributed by atoms with Gasteiger partial charge in [-0.1, -0.05) is 52.0 Å². The monoisotopic (exact) mass is 392 g/mol. The number of para-hydroxylation sites is 1. The third-order valence-electron chi connectivity index (χ3n) is 5.64. The van der Waals surface area contributed by atoms with Crippen LogP contribution in [0.3, 0.4) is 0 Å². The molecule has 0 amide bonds. The predicted octanol–water partition coefficient (Wildman–Crippen LogP) is 7.42. The second kappa shape index (κ2) is 7.62. The molecular formula is C26H32O3. The maximum Gasteiger partial charge on any atom is 0.134 e. The Morgan fingerprint density at radius 2 is 1.62 bits per heavy atom. The molecule has 1 aliphatic rings. The van der Waals surface area contributed by atoms with Crippen LogP contribution >= 0.6 is 0 Å². The van der Waals surface area contributed by atoms with E-state index in [1.165, 1.54) is 11.1 Å². The molecule has 0 bridgehead atoms. The largest absolute Gasteiger partial charge is 0.512 e. The number of rotatable bonds is 1. The molecule has 1 atom stereocenters. The maximum atomic E-state index is 10.7. The number of aryl methyl sites for hydroxylation is 2. The molecule has 2 aromatic carbocycles. The van der Waals surface area contributed by atoms with Gasteiger partial charge in [0, 0.05) is 16.9 Å². The van der Waals surface area contributed by atoms with Crippen molar-refractivity contribution in [3.8, 4) is 5.75 Å². The molecule has 0 spiro atoms. The van der Waals surface area contributed by atoms with Crippen molar-refractivity contribution in [1.29, 1.82) is 0 Å². The minimum Gasteiger partial charge on any atom is -0.512 e. The molecule has 1 aromatic heterocycles. The van der Waals surface area contributed by atoms with E-state index in [9.17, 15) is 5.11 Å². The van der Waals surface area contributed by atoms with Crippen LogP contribution < -0.4 is 0 Å². The van der Waals surface area contributed by atoms with Crippen molar-refractivity contribution in [2.75, 3.05) is 0 Å². The fraction of sp³-hybridized carbons (Fsp3) is 0.385. The Bertz CT molecular complexity index is 1020.